The fourth-order valence-electron chi connectivity index (χ4n) is 2.73. The van der Waals surface area contributed by atoms with Crippen LogP contribution in [0.3, 0.4) is 0 Å². The Hall–Kier alpha value is -0.940. The highest BCUT2D eigenvalue weighted by molar-refractivity contribution is 6.00. The zero-order valence-electron chi connectivity index (χ0n) is 11.4. The molecule has 5 nitrogen and oxygen atoms in total. The highest BCUT2D eigenvalue weighted by Crippen LogP contribution is 2.25. The number of likely N-dealkylation sites (N-methyl/N-ethyl adjacent to an activating group) is 1. The van der Waals surface area contributed by atoms with Gasteiger partial charge < -0.3 is 10.1 Å². The molecule has 0 aromatic rings. The minimum absolute atomic E-state index is 0.0784. The third-order valence-electron chi connectivity index (χ3n) is 3.78. The van der Waals surface area contributed by atoms with Gasteiger partial charge in [-0.05, 0) is 33.1 Å². The minimum atomic E-state index is -0.216. The van der Waals surface area contributed by atoms with Crippen LogP contribution in [0.5, 0.6) is 0 Å². The average molecular weight is 254 g/mol. The number of nitrogens with zero attached hydrogens (tertiary/aromatic N) is 1. The maximum absolute atomic E-state index is 12.0. The Morgan fingerprint density at radius 1 is 1.33 bits per heavy atom. The first-order valence-electron chi connectivity index (χ1n) is 6.59. The Morgan fingerprint density at radius 3 is 2.72 bits per heavy atom. The minimum Gasteiger partial charge on any atom is -0.375 e. The van der Waals surface area contributed by atoms with Crippen LogP contribution in [0.1, 0.15) is 39.5 Å². The summed E-state index contributed by atoms with van der Waals surface area (Å²) in [4.78, 5) is 24.6. The van der Waals surface area contributed by atoms with Gasteiger partial charge in [-0.25, -0.2) is 0 Å². The number of nitrogens with one attached hydrogen (secondary N) is 1. The summed E-state index contributed by atoms with van der Waals surface area (Å²) in [6.45, 7) is 4.86. The molecule has 0 aromatic heterocycles. The van der Waals surface area contributed by atoms with E-state index in [2.05, 4.69) is 19.2 Å². The maximum Gasteiger partial charge on any atom is 0.246 e. The van der Waals surface area contributed by atoms with Gasteiger partial charge in [0.05, 0.1) is 11.6 Å². The molecule has 0 spiro atoms. The first kappa shape index (κ1) is 13.5. The Kier molecular flexibility index (Phi) is 3.73. The molecule has 2 saturated heterocycles. The molecular weight excluding hydrogens is 232 g/mol. The van der Waals surface area contributed by atoms with Crippen molar-refractivity contribution in [3.63, 3.8) is 0 Å². The number of hydrogen-bond acceptors (Lipinski definition) is 4. The van der Waals surface area contributed by atoms with E-state index in [4.69, 9.17) is 4.74 Å². The molecular formula is C13H22N2O3. The fourth-order valence-corrected chi connectivity index (χ4v) is 2.73. The molecule has 0 radical (unpaired) electrons. The zero-order chi connectivity index (χ0) is 13.3. The number of amides is 2. The Morgan fingerprint density at radius 2 is 2.06 bits per heavy atom. The smallest absolute Gasteiger partial charge is 0.246 e. The third-order valence-corrected chi connectivity index (χ3v) is 3.78. The Balaban J connectivity index is 1.93. The third kappa shape index (κ3) is 2.90. The summed E-state index contributed by atoms with van der Waals surface area (Å²) >= 11 is 0. The highest BCUT2D eigenvalue weighted by atomic mass is 16.5. The van der Waals surface area contributed by atoms with Gasteiger partial charge in [0.25, 0.3) is 0 Å². The molecule has 102 valence electrons. The van der Waals surface area contributed by atoms with Crippen molar-refractivity contribution in [1.82, 2.24) is 10.2 Å². The predicted octanol–water partition coefficient (Wildman–Crippen LogP) is 0.681. The van der Waals surface area contributed by atoms with Crippen LogP contribution in [0.2, 0.25) is 0 Å². The molecule has 5 heteroatoms. The molecule has 0 bridgehead atoms. The topological polar surface area (TPSA) is 58.6 Å². The van der Waals surface area contributed by atoms with Crippen LogP contribution in [0.4, 0.5) is 0 Å². The summed E-state index contributed by atoms with van der Waals surface area (Å²) < 4.78 is 5.66. The molecule has 2 aliphatic rings. The van der Waals surface area contributed by atoms with Crippen molar-refractivity contribution in [3.8, 4) is 0 Å². The van der Waals surface area contributed by atoms with Crippen molar-refractivity contribution in [1.29, 1.82) is 0 Å². The molecule has 2 unspecified atom stereocenters. The van der Waals surface area contributed by atoms with Crippen LogP contribution in [0, 0.1) is 0 Å². The number of carbonyl (C=O) groups is 2. The van der Waals surface area contributed by atoms with Gasteiger partial charge in [0.2, 0.25) is 11.8 Å². The summed E-state index contributed by atoms with van der Waals surface area (Å²) in [6, 6.07) is 0.0795. The van der Waals surface area contributed by atoms with Crippen LogP contribution >= 0.6 is 0 Å². The van der Waals surface area contributed by atoms with Gasteiger partial charge in [0.15, 0.2) is 0 Å². The van der Waals surface area contributed by atoms with E-state index in [1.54, 1.807) is 7.05 Å². The van der Waals surface area contributed by atoms with Crippen molar-refractivity contribution < 1.29 is 14.3 Å². The number of likely N-dealkylation sites (tertiary alicyclic amines) is 1. The number of hydrogen-bond donors (Lipinski definition) is 1. The number of rotatable bonds is 2. The van der Waals surface area contributed by atoms with Crippen molar-refractivity contribution >= 4 is 11.8 Å². The quantitative estimate of drug-likeness (QED) is 0.736. The largest absolute Gasteiger partial charge is 0.375 e. The Bertz CT molecular complexity index is 354. The molecule has 2 rings (SSSR count). The van der Waals surface area contributed by atoms with Gasteiger partial charge in [0, 0.05) is 26.1 Å². The SMILES string of the molecule is CN1C(=O)CCC(NC2CCOC(C)(C)C2)C1=O. The lowest BCUT2D eigenvalue weighted by Gasteiger charge is -2.38. The van der Waals surface area contributed by atoms with Crippen LogP contribution in [-0.4, -0.2) is 48.1 Å². The normalized spacial score (nSPS) is 32.7. The molecule has 2 amide bonds. The van der Waals surface area contributed by atoms with Crippen LogP contribution in [-0.2, 0) is 14.3 Å². The van der Waals surface area contributed by atoms with E-state index in [0.29, 0.717) is 18.9 Å². The molecule has 18 heavy (non-hydrogen) atoms. The molecule has 2 atom stereocenters. The second-order valence-corrected chi connectivity index (χ2v) is 5.85. The predicted molar refractivity (Wildman–Crippen MR) is 67.0 cm³/mol. The maximum atomic E-state index is 12.0. The van der Waals surface area contributed by atoms with Crippen LogP contribution in [0.25, 0.3) is 0 Å². The van der Waals surface area contributed by atoms with E-state index in [1.165, 1.54) is 4.90 Å². The van der Waals surface area contributed by atoms with E-state index < -0.39 is 0 Å². The molecule has 2 heterocycles. The van der Waals surface area contributed by atoms with Crippen molar-refractivity contribution in [3.05, 3.63) is 0 Å². The molecule has 2 fully saturated rings. The lowest BCUT2D eigenvalue weighted by atomic mass is 9.92. The first-order chi connectivity index (χ1) is 8.39. The van der Waals surface area contributed by atoms with Gasteiger partial charge in [-0.15, -0.1) is 0 Å². The van der Waals surface area contributed by atoms with Crippen LogP contribution < -0.4 is 5.32 Å². The molecule has 0 aromatic carbocycles. The fraction of sp³-hybridized carbons (Fsp3) is 0.846. The number of imide groups is 1. The first-order valence-corrected chi connectivity index (χ1v) is 6.59. The second kappa shape index (κ2) is 4.97. The summed E-state index contributed by atoms with van der Waals surface area (Å²) in [5.74, 6) is -0.180. The lowest BCUT2D eigenvalue weighted by Crippen LogP contribution is -2.56. The van der Waals surface area contributed by atoms with Gasteiger partial charge in [-0.3, -0.25) is 14.5 Å². The van der Waals surface area contributed by atoms with E-state index >= 15 is 0 Å². The van der Waals surface area contributed by atoms with Gasteiger partial charge >= 0.3 is 0 Å². The summed E-state index contributed by atoms with van der Waals surface area (Å²) in [5.41, 5.74) is -0.130. The highest BCUT2D eigenvalue weighted by Gasteiger charge is 2.35. The van der Waals surface area contributed by atoms with Gasteiger partial charge in [-0.1, -0.05) is 0 Å². The number of carbonyl (C=O) groups excluding carboxylic acids is 2. The molecule has 1 N–H and O–H groups in total. The molecule has 2 aliphatic heterocycles. The Labute approximate surface area is 108 Å². The molecule has 0 aliphatic carbocycles. The lowest BCUT2D eigenvalue weighted by molar-refractivity contribution is -0.148. The summed E-state index contributed by atoms with van der Waals surface area (Å²) in [7, 11) is 1.56. The summed E-state index contributed by atoms with van der Waals surface area (Å²) in [5, 5.41) is 3.39. The number of piperidine rings is 1. The van der Waals surface area contributed by atoms with Crippen molar-refractivity contribution in [2.75, 3.05) is 13.7 Å². The van der Waals surface area contributed by atoms with Gasteiger partial charge in [-0.2, -0.15) is 0 Å². The van der Waals surface area contributed by atoms with E-state index in [-0.39, 0.29) is 23.5 Å². The van der Waals surface area contributed by atoms with Crippen LogP contribution in [0.15, 0.2) is 0 Å². The van der Waals surface area contributed by atoms with E-state index in [9.17, 15) is 9.59 Å². The van der Waals surface area contributed by atoms with E-state index in [1.807, 2.05) is 0 Å². The van der Waals surface area contributed by atoms with Gasteiger partial charge in [0.1, 0.15) is 0 Å². The monoisotopic (exact) mass is 254 g/mol. The summed E-state index contributed by atoms with van der Waals surface area (Å²) in [6.07, 6.45) is 2.88. The standard InChI is InChI=1S/C13H22N2O3/c1-13(2)8-9(6-7-18-13)14-10-4-5-11(16)15(3)12(10)17/h9-10,14H,4-8H2,1-3H3. The number of ether oxygens (including phenoxy) is 1. The average Bonchev–Trinajstić information content (AvgIpc) is 2.29. The van der Waals surface area contributed by atoms with Crippen molar-refractivity contribution in [2.24, 2.45) is 0 Å². The van der Waals surface area contributed by atoms with Crippen molar-refractivity contribution in [2.45, 2.75) is 57.2 Å². The second-order valence-electron chi connectivity index (χ2n) is 5.85. The van der Waals surface area contributed by atoms with E-state index in [0.717, 1.165) is 19.4 Å². The molecule has 0 saturated carbocycles. The zero-order valence-corrected chi connectivity index (χ0v) is 11.4.